The van der Waals surface area contributed by atoms with E-state index in [4.69, 9.17) is 4.74 Å². The number of nitrogens with one attached hydrogen (secondary N) is 1. The summed E-state index contributed by atoms with van der Waals surface area (Å²) < 4.78 is 5.72. The smallest absolute Gasteiger partial charge is 0.272 e. The topological polar surface area (TPSA) is 101 Å². The summed E-state index contributed by atoms with van der Waals surface area (Å²) in [7, 11) is 0. The zero-order valence-corrected chi connectivity index (χ0v) is 22.9. The molecule has 4 aromatic rings. The molecule has 0 saturated carbocycles. The van der Waals surface area contributed by atoms with E-state index >= 15 is 0 Å². The van der Waals surface area contributed by atoms with Crippen molar-refractivity contribution in [3.63, 3.8) is 0 Å². The summed E-state index contributed by atoms with van der Waals surface area (Å²) in [6.45, 7) is 2.62. The first-order chi connectivity index (χ1) is 20.6. The summed E-state index contributed by atoms with van der Waals surface area (Å²) in [6.07, 6.45) is 5.59. The molecular weight excluding hydrogens is 528 g/mol. The van der Waals surface area contributed by atoms with Gasteiger partial charge in [0.1, 0.15) is 5.75 Å². The lowest BCUT2D eigenvalue weighted by molar-refractivity contribution is -0.122. The monoisotopic (exact) mass is 556 g/mol. The van der Waals surface area contributed by atoms with Crippen molar-refractivity contribution < 1.29 is 19.1 Å². The molecule has 2 bridgehead atoms. The maximum atomic E-state index is 14.5. The number of hydrogen-bond donors (Lipinski definition) is 1. The first-order valence-corrected chi connectivity index (χ1v) is 14.1. The number of ether oxygens (including phenoxy) is 1. The summed E-state index contributed by atoms with van der Waals surface area (Å²) >= 11 is 0. The second-order valence-electron chi connectivity index (χ2n) is 10.8. The first-order valence-electron chi connectivity index (χ1n) is 14.1. The van der Waals surface area contributed by atoms with Crippen molar-refractivity contribution in [2.75, 3.05) is 11.5 Å². The number of rotatable bonds is 7. The van der Waals surface area contributed by atoms with E-state index in [2.05, 4.69) is 15.5 Å². The second kappa shape index (κ2) is 10.1. The number of carbonyl (C=O) groups is 3. The van der Waals surface area contributed by atoms with Crippen LogP contribution in [0.4, 0.5) is 5.69 Å². The standard InChI is InChI=1S/C34H28N4O4/c1-2-18-42-23-15-13-22(14-16-23)38-32(40)29-28-24-9-3-5-11-26(24)34(30(29)33(38)41,27-12-6-4-10-25(27)28)20-36-37-31(39)21-8-7-17-35-19-21/h3-17,19-20,28-30H,2,18H2,1H3,(H,37,39). The van der Waals surface area contributed by atoms with Gasteiger partial charge in [-0.3, -0.25) is 19.4 Å². The normalized spacial score (nSPS) is 23.5. The lowest BCUT2D eigenvalue weighted by Gasteiger charge is -2.52. The van der Waals surface area contributed by atoms with Crippen molar-refractivity contribution in [1.82, 2.24) is 10.4 Å². The molecule has 208 valence electrons. The molecule has 3 aromatic carbocycles. The van der Waals surface area contributed by atoms with Gasteiger partial charge >= 0.3 is 0 Å². The molecule has 8 rings (SSSR count). The van der Waals surface area contributed by atoms with E-state index < -0.39 is 23.2 Å². The van der Waals surface area contributed by atoms with Gasteiger partial charge in [-0.05, 0) is 65.1 Å². The van der Waals surface area contributed by atoms with Crippen LogP contribution in [0.1, 0.15) is 51.9 Å². The van der Waals surface area contributed by atoms with Gasteiger partial charge in [0.25, 0.3) is 5.91 Å². The van der Waals surface area contributed by atoms with E-state index in [1.165, 1.54) is 11.1 Å². The molecule has 4 aliphatic rings. The highest BCUT2D eigenvalue weighted by Gasteiger charge is 2.68. The molecule has 8 nitrogen and oxygen atoms in total. The van der Waals surface area contributed by atoms with Crippen LogP contribution in [0.25, 0.3) is 0 Å². The van der Waals surface area contributed by atoms with Gasteiger partial charge in [0.05, 0.1) is 35.1 Å². The third-order valence-electron chi connectivity index (χ3n) is 8.61. The van der Waals surface area contributed by atoms with E-state index in [1.807, 2.05) is 55.5 Å². The molecule has 1 aliphatic heterocycles. The third-order valence-corrected chi connectivity index (χ3v) is 8.61. The molecule has 1 N–H and O–H groups in total. The van der Waals surface area contributed by atoms with Crippen LogP contribution < -0.4 is 15.1 Å². The number of imide groups is 1. The molecule has 2 heterocycles. The van der Waals surface area contributed by atoms with E-state index in [1.54, 1.807) is 48.8 Å². The molecule has 0 radical (unpaired) electrons. The molecule has 42 heavy (non-hydrogen) atoms. The minimum absolute atomic E-state index is 0.238. The predicted octanol–water partition coefficient (Wildman–Crippen LogP) is 4.84. The highest BCUT2D eigenvalue weighted by molar-refractivity contribution is 6.25. The van der Waals surface area contributed by atoms with Gasteiger partial charge < -0.3 is 4.74 Å². The number of anilines is 1. The van der Waals surface area contributed by atoms with Crippen LogP contribution in [0, 0.1) is 11.8 Å². The van der Waals surface area contributed by atoms with Crippen molar-refractivity contribution in [1.29, 1.82) is 0 Å². The summed E-state index contributed by atoms with van der Waals surface area (Å²) in [5.74, 6) is -1.90. The Bertz CT molecular complexity index is 1690. The molecule has 2 atom stereocenters. The predicted molar refractivity (Wildman–Crippen MR) is 157 cm³/mol. The van der Waals surface area contributed by atoms with Gasteiger partial charge in [-0.2, -0.15) is 5.10 Å². The van der Waals surface area contributed by atoms with Crippen LogP contribution in [0.2, 0.25) is 0 Å². The maximum absolute atomic E-state index is 14.5. The van der Waals surface area contributed by atoms with E-state index in [-0.39, 0.29) is 17.7 Å². The van der Waals surface area contributed by atoms with Gasteiger partial charge in [-0.25, -0.2) is 10.3 Å². The summed E-state index contributed by atoms with van der Waals surface area (Å²) in [4.78, 5) is 46.9. The largest absolute Gasteiger partial charge is 0.494 e. The number of pyridine rings is 1. The van der Waals surface area contributed by atoms with Crippen molar-refractivity contribution in [2.24, 2.45) is 16.9 Å². The lowest BCUT2D eigenvalue weighted by Crippen LogP contribution is -2.54. The minimum Gasteiger partial charge on any atom is -0.494 e. The van der Waals surface area contributed by atoms with Crippen molar-refractivity contribution in [3.8, 4) is 5.75 Å². The van der Waals surface area contributed by atoms with Crippen LogP contribution in [-0.2, 0) is 15.0 Å². The summed E-state index contributed by atoms with van der Waals surface area (Å²) in [5.41, 5.74) is 6.25. The van der Waals surface area contributed by atoms with E-state index in [0.717, 1.165) is 28.7 Å². The van der Waals surface area contributed by atoms with Gasteiger partial charge in [0.2, 0.25) is 11.8 Å². The van der Waals surface area contributed by atoms with E-state index in [0.29, 0.717) is 23.6 Å². The Hall–Kier alpha value is -5.11. The number of hydrazone groups is 1. The first kappa shape index (κ1) is 25.8. The summed E-state index contributed by atoms with van der Waals surface area (Å²) in [5, 5.41) is 4.44. The van der Waals surface area contributed by atoms with Gasteiger partial charge in [-0.1, -0.05) is 55.5 Å². The number of carbonyl (C=O) groups excluding carboxylic acids is 3. The van der Waals surface area contributed by atoms with Crippen molar-refractivity contribution >= 4 is 29.6 Å². The van der Waals surface area contributed by atoms with Gasteiger partial charge in [-0.15, -0.1) is 0 Å². The SMILES string of the molecule is CCCOc1ccc(N2C(=O)C3C4c5ccccc5C(C=NNC(=O)c5cccnc5)(c5ccccc54)C3C2=O)cc1. The fourth-order valence-electron chi connectivity index (χ4n) is 6.97. The molecular formula is C34H28N4O4. The Morgan fingerprint density at radius 1 is 0.952 bits per heavy atom. The zero-order valence-electron chi connectivity index (χ0n) is 22.9. The quantitative estimate of drug-likeness (QED) is 0.200. The fraction of sp³-hybridized carbons (Fsp3) is 0.206. The van der Waals surface area contributed by atoms with Gasteiger partial charge in [0.15, 0.2) is 0 Å². The highest BCUT2D eigenvalue weighted by Crippen LogP contribution is 2.63. The minimum atomic E-state index is -1.07. The van der Waals surface area contributed by atoms with Crippen LogP contribution in [-0.4, -0.2) is 35.5 Å². The van der Waals surface area contributed by atoms with Crippen LogP contribution in [0.5, 0.6) is 5.75 Å². The van der Waals surface area contributed by atoms with Gasteiger partial charge in [0, 0.05) is 24.5 Å². The average molecular weight is 557 g/mol. The third kappa shape index (κ3) is 3.71. The Kier molecular flexibility index (Phi) is 6.19. The molecule has 1 saturated heterocycles. The molecule has 8 heteroatoms. The Morgan fingerprint density at radius 3 is 2.29 bits per heavy atom. The molecule has 1 fully saturated rings. The molecule has 1 aromatic heterocycles. The molecule has 3 aliphatic carbocycles. The summed E-state index contributed by atoms with van der Waals surface area (Å²) in [6, 6.07) is 26.3. The van der Waals surface area contributed by atoms with Crippen LogP contribution >= 0.6 is 0 Å². The van der Waals surface area contributed by atoms with Crippen molar-refractivity contribution in [2.45, 2.75) is 24.7 Å². The fourth-order valence-corrected chi connectivity index (χ4v) is 6.97. The molecule has 0 spiro atoms. The maximum Gasteiger partial charge on any atom is 0.272 e. The Morgan fingerprint density at radius 2 is 1.64 bits per heavy atom. The number of aromatic nitrogens is 1. The zero-order chi connectivity index (χ0) is 28.8. The Labute approximate surface area is 243 Å². The number of nitrogens with zero attached hydrogens (tertiary/aromatic N) is 3. The second-order valence-corrected chi connectivity index (χ2v) is 10.8. The molecule has 3 amide bonds. The average Bonchev–Trinajstić information content (AvgIpc) is 3.31. The molecule has 2 unspecified atom stereocenters. The van der Waals surface area contributed by atoms with Crippen LogP contribution in [0.15, 0.2) is 102 Å². The highest BCUT2D eigenvalue weighted by atomic mass is 16.5. The van der Waals surface area contributed by atoms with Crippen LogP contribution in [0.3, 0.4) is 0 Å². The van der Waals surface area contributed by atoms with E-state index in [9.17, 15) is 14.4 Å². The lowest BCUT2D eigenvalue weighted by atomic mass is 9.47. The number of amides is 3. The van der Waals surface area contributed by atoms with Crippen molar-refractivity contribution in [3.05, 3.63) is 125 Å². The number of benzene rings is 3. The Balaban J connectivity index is 1.35. The number of hydrogen-bond acceptors (Lipinski definition) is 6.